The molecule has 22 heteroatoms. The van der Waals surface area contributed by atoms with E-state index in [-0.39, 0.29) is 37.6 Å². The normalized spacial score (nSPS) is 13.7. The van der Waals surface area contributed by atoms with Crippen LogP contribution in [0.5, 0.6) is 0 Å². The molecule has 0 amide bonds. The molecule has 0 unspecified atom stereocenters. The third-order valence-electron chi connectivity index (χ3n) is 19.8. The van der Waals surface area contributed by atoms with Gasteiger partial charge in [0.15, 0.2) is 11.6 Å². The number of aryl methyl sites for hydroxylation is 1. The van der Waals surface area contributed by atoms with Gasteiger partial charge in [0.25, 0.3) is 0 Å². The molecular weight excluding hydrogens is 1410 g/mol. The molecule has 2 fully saturated rings. The Morgan fingerprint density at radius 2 is 0.712 bits per heavy atom. The SMILES string of the molecule is CCOC(=O)ON=C(CCCCC(=NOC(=O)OCC)c1ccc2c(c1)c1cc(C(=O)c3ccc(N4CCOCC4)cc3)ccc1n2-c1ccc(C(C)=NOC(=O)c2ccccc2C)cc1)c1ccc2c(c1)c1cc(C(=O)c3ccc(N4CCOCC4)cc3)ccc1n2-c1ccc(C(C)=NOC(=O)c2ccccc2)cc1. The fourth-order valence-corrected chi connectivity index (χ4v) is 13.9. The predicted octanol–water partition coefficient (Wildman–Crippen LogP) is 17.5. The predicted molar refractivity (Wildman–Crippen MR) is 428 cm³/mol. The quantitative estimate of drug-likeness (QED) is 0.0129. The van der Waals surface area contributed by atoms with Crippen LogP contribution in [0.25, 0.3) is 55.0 Å². The molecule has 560 valence electrons. The second-order valence-corrected chi connectivity index (χ2v) is 26.8. The molecule has 0 aliphatic carbocycles. The first-order valence-electron chi connectivity index (χ1n) is 37.0. The van der Waals surface area contributed by atoms with Crippen molar-refractivity contribution in [3.8, 4) is 11.4 Å². The third-order valence-corrected chi connectivity index (χ3v) is 19.8. The lowest BCUT2D eigenvalue weighted by atomic mass is 9.97. The van der Waals surface area contributed by atoms with Crippen molar-refractivity contribution < 1.29 is 67.1 Å². The van der Waals surface area contributed by atoms with Crippen molar-refractivity contribution >= 4 is 114 Å². The Balaban J connectivity index is 0.786. The van der Waals surface area contributed by atoms with E-state index in [9.17, 15) is 28.8 Å². The molecule has 2 aliphatic rings. The number of rotatable bonds is 25. The van der Waals surface area contributed by atoms with Crippen LogP contribution in [0.1, 0.15) is 134 Å². The number of carbonyl (C=O) groups excluding carboxylic acids is 6. The Morgan fingerprint density at radius 3 is 1.12 bits per heavy atom. The van der Waals surface area contributed by atoms with Gasteiger partial charge in [-0.1, -0.05) is 93.4 Å². The molecule has 0 radical (unpaired) electrons. The summed E-state index contributed by atoms with van der Waals surface area (Å²) in [4.78, 5) is 107. The molecule has 111 heavy (non-hydrogen) atoms. The monoisotopic (exact) mass is 1480 g/mol. The molecule has 4 heterocycles. The van der Waals surface area contributed by atoms with Crippen LogP contribution >= 0.6 is 0 Å². The summed E-state index contributed by atoms with van der Waals surface area (Å²) in [7, 11) is 0. The summed E-state index contributed by atoms with van der Waals surface area (Å²) in [5.74, 6) is -1.46. The first-order valence-corrected chi connectivity index (χ1v) is 37.0. The Hall–Kier alpha value is -13.2. The van der Waals surface area contributed by atoms with E-state index in [4.69, 9.17) is 38.3 Å². The Bertz CT molecular complexity index is 5620. The molecule has 22 nitrogen and oxygen atoms in total. The Kier molecular flexibility index (Phi) is 23.1. The molecule has 2 aliphatic heterocycles. The molecule has 14 rings (SSSR count). The van der Waals surface area contributed by atoms with E-state index >= 15 is 0 Å². The van der Waals surface area contributed by atoms with Gasteiger partial charge in [-0.2, -0.15) is 0 Å². The molecule has 0 saturated carbocycles. The lowest BCUT2D eigenvalue weighted by Crippen LogP contribution is -2.36. The van der Waals surface area contributed by atoms with Gasteiger partial charge in [0.1, 0.15) is 0 Å². The number of morpholine rings is 2. The molecule has 12 aromatic rings. The molecule has 10 aromatic carbocycles. The average molecular weight is 1490 g/mol. The van der Waals surface area contributed by atoms with Crippen LogP contribution in [-0.2, 0) is 38.3 Å². The van der Waals surface area contributed by atoms with E-state index in [2.05, 4.69) is 39.6 Å². The first-order chi connectivity index (χ1) is 54.2. The summed E-state index contributed by atoms with van der Waals surface area (Å²) >= 11 is 0. The van der Waals surface area contributed by atoms with Crippen molar-refractivity contribution in [3.05, 3.63) is 286 Å². The highest BCUT2D eigenvalue weighted by atomic mass is 16.8. The number of oxime groups is 4. The zero-order valence-electron chi connectivity index (χ0n) is 62.1. The van der Waals surface area contributed by atoms with Crippen LogP contribution in [0.15, 0.2) is 245 Å². The molecule has 2 aromatic heterocycles. The van der Waals surface area contributed by atoms with Crippen molar-refractivity contribution in [1.29, 1.82) is 0 Å². The highest BCUT2D eigenvalue weighted by molar-refractivity contribution is 6.19. The second kappa shape index (κ2) is 34.4. The van der Waals surface area contributed by atoms with Crippen molar-refractivity contribution in [2.45, 2.75) is 60.3 Å². The minimum atomic E-state index is -0.987. The van der Waals surface area contributed by atoms with Crippen LogP contribution in [0, 0.1) is 6.92 Å². The number of aromatic nitrogens is 2. The average Bonchev–Trinajstić information content (AvgIpc) is 1.59. The smallest absolute Gasteiger partial charge is 0.433 e. The van der Waals surface area contributed by atoms with E-state index in [1.54, 1.807) is 64.1 Å². The molecule has 2 saturated heterocycles. The minimum Gasteiger partial charge on any atom is -0.433 e. The second-order valence-electron chi connectivity index (χ2n) is 26.8. The zero-order chi connectivity index (χ0) is 76.9. The largest absolute Gasteiger partial charge is 0.535 e. The number of hydrogen-bond donors (Lipinski definition) is 0. The maximum Gasteiger partial charge on any atom is 0.535 e. The molecule has 0 atom stereocenters. The van der Waals surface area contributed by atoms with Gasteiger partial charge in [0.05, 0.1) is 95.7 Å². The number of fused-ring (bicyclic) bond motifs is 6. The van der Waals surface area contributed by atoms with Gasteiger partial charge < -0.3 is 47.6 Å². The highest BCUT2D eigenvalue weighted by Crippen LogP contribution is 2.38. The van der Waals surface area contributed by atoms with Crippen molar-refractivity contribution in [3.63, 3.8) is 0 Å². The third kappa shape index (κ3) is 16.9. The van der Waals surface area contributed by atoms with Crippen LogP contribution in [0.2, 0.25) is 0 Å². The number of benzene rings is 10. The lowest BCUT2D eigenvalue weighted by Gasteiger charge is -2.28. The summed E-state index contributed by atoms with van der Waals surface area (Å²) in [5, 5.41) is 20.4. The van der Waals surface area contributed by atoms with Crippen LogP contribution in [0.4, 0.5) is 21.0 Å². The van der Waals surface area contributed by atoms with E-state index in [1.165, 1.54) is 0 Å². The van der Waals surface area contributed by atoms with E-state index in [0.717, 1.165) is 109 Å². The number of unbranched alkanes of at least 4 members (excludes halogenated alkanes) is 1. The fraction of sp³-hybridized carbons (Fsp3) is 0.213. The van der Waals surface area contributed by atoms with Crippen molar-refractivity contribution in [2.24, 2.45) is 20.6 Å². The maximum atomic E-state index is 14.6. The number of carbonyl (C=O) groups is 6. The number of hydrogen-bond acceptors (Lipinski definition) is 20. The van der Waals surface area contributed by atoms with Gasteiger partial charge in [-0.25, -0.2) is 19.2 Å². The van der Waals surface area contributed by atoms with E-state index in [0.29, 0.717) is 107 Å². The van der Waals surface area contributed by atoms with Crippen LogP contribution in [0.3, 0.4) is 0 Å². The van der Waals surface area contributed by atoms with Gasteiger partial charge in [-0.3, -0.25) is 19.3 Å². The van der Waals surface area contributed by atoms with Gasteiger partial charge in [-0.15, -0.1) is 0 Å². The lowest BCUT2D eigenvalue weighted by molar-refractivity contribution is 0.0507. The minimum absolute atomic E-state index is 0.0504. The van der Waals surface area contributed by atoms with E-state index < -0.39 is 24.2 Å². The maximum absolute atomic E-state index is 14.6. The van der Waals surface area contributed by atoms with Gasteiger partial charge in [0, 0.05) is 104 Å². The summed E-state index contributed by atoms with van der Waals surface area (Å²) < 4.78 is 25.8. The highest BCUT2D eigenvalue weighted by Gasteiger charge is 2.24. The topological polar surface area (TPSA) is 242 Å². The summed E-state index contributed by atoms with van der Waals surface area (Å²) in [5.41, 5.74) is 14.8. The summed E-state index contributed by atoms with van der Waals surface area (Å²) in [6.07, 6.45) is -0.542. The number of ether oxygens (including phenoxy) is 4. The van der Waals surface area contributed by atoms with Gasteiger partial charge in [-0.05, 0) is 229 Å². The Labute approximate surface area is 640 Å². The standard InChI is InChI=1S/C89H80N8O14/c1-6-106-88(102)110-92-78(65-29-41-80-74(53-65)76-55-67(84(98)62-25-33-69(34-26-62)94-45-49-104-50-46-94)31-43-82(76)96(80)71-37-21-60(22-38-71)58(4)90-108-86(100)64-16-9-8-10-17-64)19-13-14-20-79(93-111-89(103)107-7-2)66-30-42-81-75(54-66)77-56-68(85(99)63-27-35-70(36-28-63)95-47-51-105-52-48-95)32-44-83(77)97(81)72-39-23-61(24-40-72)59(5)91-109-87(101)73-18-12-11-15-57(73)3/h8-12,15-18,21-44,53-56H,6-7,13-14,19-20,45-52H2,1-5H3. The number of nitrogens with zero attached hydrogens (tertiary/aromatic N) is 8. The van der Waals surface area contributed by atoms with E-state index in [1.807, 2.05) is 195 Å². The zero-order valence-corrected chi connectivity index (χ0v) is 62.1. The van der Waals surface area contributed by atoms with Crippen molar-refractivity contribution in [1.82, 2.24) is 9.13 Å². The molecule has 0 bridgehead atoms. The van der Waals surface area contributed by atoms with Gasteiger partial charge in [0.2, 0.25) is 0 Å². The van der Waals surface area contributed by atoms with Crippen molar-refractivity contribution in [2.75, 3.05) is 75.6 Å². The molecular formula is C89H80N8O14. The summed E-state index contributed by atoms with van der Waals surface area (Å²) in [6.45, 7) is 14.3. The molecule has 0 spiro atoms. The molecule has 0 N–H and O–H groups in total. The summed E-state index contributed by atoms with van der Waals surface area (Å²) in [6, 6.07) is 69.5. The first kappa shape index (κ1) is 74.7. The number of anilines is 2. The van der Waals surface area contributed by atoms with Crippen LogP contribution in [-0.4, -0.2) is 134 Å². The van der Waals surface area contributed by atoms with Gasteiger partial charge >= 0.3 is 24.2 Å². The number of ketones is 2. The van der Waals surface area contributed by atoms with Crippen LogP contribution < -0.4 is 9.80 Å². The fourth-order valence-electron chi connectivity index (χ4n) is 13.9. The Morgan fingerprint density at radius 1 is 0.360 bits per heavy atom.